The van der Waals surface area contributed by atoms with Gasteiger partial charge in [0, 0.05) is 10.6 Å². The number of aromatic nitrogens is 2. The number of benzene rings is 2. The van der Waals surface area contributed by atoms with Gasteiger partial charge in [0.2, 0.25) is 0 Å². The van der Waals surface area contributed by atoms with Gasteiger partial charge in [0.05, 0.1) is 11.7 Å². The zero-order chi connectivity index (χ0) is 16.2. The molecule has 4 nitrogen and oxygen atoms in total. The lowest BCUT2D eigenvalue weighted by atomic mass is 10.1. The molecule has 0 aliphatic heterocycles. The lowest BCUT2D eigenvalue weighted by Crippen LogP contribution is -2.26. The molecule has 116 valence electrons. The van der Waals surface area contributed by atoms with Crippen LogP contribution in [0.25, 0.3) is 11.3 Å². The number of amides is 1. The van der Waals surface area contributed by atoms with Crippen LogP contribution in [0.1, 0.15) is 29.0 Å². The molecule has 0 saturated heterocycles. The van der Waals surface area contributed by atoms with Crippen LogP contribution in [-0.2, 0) is 0 Å². The normalized spacial score (nSPS) is 11.9. The number of halogens is 1. The van der Waals surface area contributed by atoms with E-state index in [4.69, 9.17) is 11.6 Å². The Morgan fingerprint density at radius 1 is 1.13 bits per heavy atom. The van der Waals surface area contributed by atoms with Crippen LogP contribution in [0.3, 0.4) is 0 Å². The van der Waals surface area contributed by atoms with Crippen LogP contribution in [0.2, 0.25) is 5.02 Å². The number of hydrogen-bond acceptors (Lipinski definition) is 2. The standard InChI is InChI=1S/C18H16ClN3O/c1-12(13-5-3-2-4-6-13)20-18(23)17-11-16(21-22-17)14-7-9-15(19)10-8-14/h2-12H,1H3,(H,20,23)(H,21,22)/t12-/m0/s1. The Hall–Kier alpha value is -2.59. The Balaban J connectivity index is 1.72. The van der Waals surface area contributed by atoms with Crippen LogP contribution in [0, 0.1) is 0 Å². The number of hydrogen-bond donors (Lipinski definition) is 2. The van der Waals surface area contributed by atoms with Gasteiger partial charge in [-0.05, 0) is 30.7 Å². The lowest BCUT2D eigenvalue weighted by Gasteiger charge is -2.13. The number of carbonyl (C=O) groups excluding carboxylic acids is 1. The molecule has 0 aliphatic rings. The Kier molecular flexibility index (Phi) is 4.44. The first-order chi connectivity index (χ1) is 11.1. The second-order valence-corrected chi connectivity index (χ2v) is 5.72. The first kappa shape index (κ1) is 15.3. The summed E-state index contributed by atoms with van der Waals surface area (Å²) in [6, 6.07) is 18.8. The Morgan fingerprint density at radius 3 is 2.52 bits per heavy atom. The Morgan fingerprint density at radius 2 is 1.83 bits per heavy atom. The average Bonchev–Trinajstić information content (AvgIpc) is 3.06. The van der Waals surface area contributed by atoms with Crippen molar-refractivity contribution in [2.75, 3.05) is 0 Å². The summed E-state index contributed by atoms with van der Waals surface area (Å²) in [5.41, 5.74) is 3.09. The third-order valence-electron chi connectivity index (χ3n) is 3.61. The van der Waals surface area contributed by atoms with Gasteiger partial charge in [-0.1, -0.05) is 54.1 Å². The summed E-state index contributed by atoms with van der Waals surface area (Å²) >= 11 is 5.88. The van der Waals surface area contributed by atoms with Gasteiger partial charge in [-0.15, -0.1) is 0 Å². The summed E-state index contributed by atoms with van der Waals surface area (Å²) in [5, 5.41) is 10.6. The Labute approximate surface area is 139 Å². The summed E-state index contributed by atoms with van der Waals surface area (Å²) in [5.74, 6) is -0.186. The molecule has 0 saturated carbocycles. The molecular weight excluding hydrogens is 310 g/mol. The molecule has 5 heteroatoms. The van der Waals surface area contributed by atoms with Crippen molar-refractivity contribution in [3.05, 3.63) is 76.9 Å². The SMILES string of the molecule is C[C@H](NC(=O)c1cc(-c2ccc(Cl)cc2)n[nH]1)c1ccccc1. The number of rotatable bonds is 4. The van der Waals surface area contributed by atoms with E-state index in [2.05, 4.69) is 15.5 Å². The highest BCUT2D eigenvalue weighted by Gasteiger charge is 2.14. The molecule has 3 rings (SSSR count). The highest BCUT2D eigenvalue weighted by atomic mass is 35.5. The van der Waals surface area contributed by atoms with E-state index in [1.165, 1.54) is 0 Å². The van der Waals surface area contributed by atoms with E-state index in [0.29, 0.717) is 16.4 Å². The predicted octanol–water partition coefficient (Wildman–Crippen LogP) is 4.22. The van der Waals surface area contributed by atoms with Gasteiger partial charge in [-0.2, -0.15) is 5.10 Å². The molecular formula is C18H16ClN3O. The highest BCUT2D eigenvalue weighted by Crippen LogP contribution is 2.20. The third kappa shape index (κ3) is 3.60. The zero-order valence-electron chi connectivity index (χ0n) is 12.6. The summed E-state index contributed by atoms with van der Waals surface area (Å²) in [7, 11) is 0. The second kappa shape index (κ2) is 6.67. The summed E-state index contributed by atoms with van der Waals surface area (Å²) in [6.07, 6.45) is 0. The van der Waals surface area contributed by atoms with Gasteiger partial charge in [0.1, 0.15) is 5.69 Å². The van der Waals surface area contributed by atoms with Crippen molar-refractivity contribution in [1.82, 2.24) is 15.5 Å². The van der Waals surface area contributed by atoms with E-state index >= 15 is 0 Å². The summed E-state index contributed by atoms with van der Waals surface area (Å²) in [6.45, 7) is 1.95. The van der Waals surface area contributed by atoms with Crippen molar-refractivity contribution < 1.29 is 4.79 Å². The number of carbonyl (C=O) groups is 1. The number of H-pyrrole nitrogens is 1. The van der Waals surface area contributed by atoms with Gasteiger partial charge in [-0.25, -0.2) is 0 Å². The Bertz CT molecular complexity index is 797. The molecule has 0 fully saturated rings. The average molecular weight is 326 g/mol. The fourth-order valence-electron chi connectivity index (χ4n) is 2.31. The minimum atomic E-state index is -0.186. The van der Waals surface area contributed by atoms with Gasteiger partial charge in [-0.3, -0.25) is 9.89 Å². The van der Waals surface area contributed by atoms with Gasteiger partial charge in [0.15, 0.2) is 0 Å². The molecule has 0 unspecified atom stereocenters. The van der Waals surface area contributed by atoms with Gasteiger partial charge >= 0.3 is 0 Å². The number of nitrogens with zero attached hydrogens (tertiary/aromatic N) is 1. The fourth-order valence-corrected chi connectivity index (χ4v) is 2.43. The number of nitrogens with one attached hydrogen (secondary N) is 2. The van der Waals surface area contributed by atoms with E-state index in [0.717, 1.165) is 11.1 Å². The maximum Gasteiger partial charge on any atom is 0.269 e. The van der Waals surface area contributed by atoms with Crippen molar-refractivity contribution in [2.45, 2.75) is 13.0 Å². The molecule has 0 radical (unpaired) electrons. The molecule has 23 heavy (non-hydrogen) atoms. The summed E-state index contributed by atoms with van der Waals surface area (Å²) in [4.78, 5) is 12.3. The molecule has 1 heterocycles. The zero-order valence-corrected chi connectivity index (χ0v) is 13.3. The van der Waals surface area contributed by atoms with Gasteiger partial charge < -0.3 is 5.32 Å². The molecule has 1 atom stereocenters. The van der Waals surface area contributed by atoms with E-state index in [9.17, 15) is 4.79 Å². The van der Waals surface area contributed by atoms with Crippen LogP contribution in [-0.4, -0.2) is 16.1 Å². The van der Waals surface area contributed by atoms with Crippen molar-refractivity contribution in [1.29, 1.82) is 0 Å². The minimum Gasteiger partial charge on any atom is -0.344 e. The van der Waals surface area contributed by atoms with Crippen molar-refractivity contribution in [3.8, 4) is 11.3 Å². The maximum absolute atomic E-state index is 12.3. The van der Waals surface area contributed by atoms with E-state index in [-0.39, 0.29) is 11.9 Å². The van der Waals surface area contributed by atoms with E-state index in [1.54, 1.807) is 18.2 Å². The highest BCUT2D eigenvalue weighted by molar-refractivity contribution is 6.30. The van der Waals surface area contributed by atoms with Crippen molar-refractivity contribution in [2.24, 2.45) is 0 Å². The van der Waals surface area contributed by atoms with Crippen LogP contribution in [0.5, 0.6) is 0 Å². The first-order valence-electron chi connectivity index (χ1n) is 7.30. The third-order valence-corrected chi connectivity index (χ3v) is 3.86. The fraction of sp³-hybridized carbons (Fsp3) is 0.111. The molecule has 0 aliphatic carbocycles. The first-order valence-corrected chi connectivity index (χ1v) is 7.68. The second-order valence-electron chi connectivity index (χ2n) is 5.28. The smallest absolute Gasteiger partial charge is 0.269 e. The van der Waals surface area contributed by atoms with Crippen LogP contribution in [0.15, 0.2) is 60.7 Å². The predicted molar refractivity (Wildman–Crippen MR) is 91.4 cm³/mol. The largest absolute Gasteiger partial charge is 0.344 e. The lowest BCUT2D eigenvalue weighted by molar-refractivity contribution is 0.0935. The topological polar surface area (TPSA) is 57.8 Å². The molecule has 0 spiro atoms. The van der Waals surface area contributed by atoms with Gasteiger partial charge in [0.25, 0.3) is 5.91 Å². The van der Waals surface area contributed by atoms with Crippen molar-refractivity contribution in [3.63, 3.8) is 0 Å². The quantitative estimate of drug-likeness (QED) is 0.754. The molecule has 1 amide bonds. The van der Waals surface area contributed by atoms with Crippen molar-refractivity contribution >= 4 is 17.5 Å². The molecule has 2 N–H and O–H groups in total. The van der Waals surface area contributed by atoms with Crippen LogP contribution < -0.4 is 5.32 Å². The molecule has 3 aromatic rings. The molecule has 2 aromatic carbocycles. The van der Waals surface area contributed by atoms with Crippen LogP contribution in [0.4, 0.5) is 0 Å². The summed E-state index contributed by atoms with van der Waals surface area (Å²) < 4.78 is 0. The number of aromatic amines is 1. The molecule has 1 aromatic heterocycles. The van der Waals surface area contributed by atoms with E-state index < -0.39 is 0 Å². The van der Waals surface area contributed by atoms with Crippen LogP contribution >= 0.6 is 11.6 Å². The maximum atomic E-state index is 12.3. The van der Waals surface area contributed by atoms with E-state index in [1.807, 2.05) is 49.4 Å². The monoisotopic (exact) mass is 325 g/mol. The molecule has 0 bridgehead atoms. The minimum absolute atomic E-state index is 0.0778.